The van der Waals surface area contributed by atoms with Crippen LogP contribution in [0, 0.1) is 5.82 Å². The number of fused-ring (bicyclic) bond motifs is 1. The summed E-state index contributed by atoms with van der Waals surface area (Å²) in [6, 6.07) is 11.0. The number of benzene rings is 2. The van der Waals surface area contributed by atoms with Crippen LogP contribution in [0.2, 0.25) is 0 Å². The van der Waals surface area contributed by atoms with Gasteiger partial charge < -0.3 is 10.2 Å². The van der Waals surface area contributed by atoms with Gasteiger partial charge >= 0.3 is 0 Å². The minimum atomic E-state index is -0.462. The lowest BCUT2D eigenvalue weighted by atomic mass is 10.1. The van der Waals surface area contributed by atoms with Crippen LogP contribution in [-0.4, -0.2) is 18.4 Å². The van der Waals surface area contributed by atoms with Crippen molar-refractivity contribution >= 4 is 23.2 Å². The van der Waals surface area contributed by atoms with E-state index >= 15 is 0 Å². The Hall–Kier alpha value is -2.69. The van der Waals surface area contributed by atoms with Crippen molar-refractivity contribution in [3.05, 3.63) is 59.4 Å². The van der Waals surface area contributed by atoms with Gasteiger partial charge in [-0.15, -0.1) is 0 Å². The third kappa shape index (κ3) is 2.57. The summed E-state index contributed by atoms with van der Waals surface area (Å²) in [5.41, 5.74) is 2.57. The van der Waals surface area contributed by atoms with Gasteiger partial charge in [0, 0.05) is 19.0 Å². The largest absolute Gasteiger partial charge is 0.320 e. The lowest BCUT2D eigenvalue weighted by Crippen LogP contribution is -2.27. The third-order valence-electron chi connectivity index (χ3n) is 3.71. The van der Waals surface area contributed by atoms with Crippen molar-refractivity contribution in [3.63, 3.8) is 0 Å². The standard InChI is InChI=1S/C17H15FN2O2/c1-11(21)20-9-8-12-4-3-7-15(16(12)20)19-17(22)13-5-2-6-14(18)10-13/h2-7,10H,8-9H2,1H3,(H,19,22). The fraction of sp³-hybridized carbons (Fsp3) is 0.176. The van der Waals surface area contributed by atoms with E-state index in [0.29, 0.717) is 12.2 Å². The molecule has 112 valence electrons. The number of amides is 2. The smallest absolute Gasteiger partial charge is 0.255 e. The molecule has 0 spiro atoms. The summed E-state index contributed by atoms with van der Waals surface area (Å²) in [6.07, 6.45) is 0.762. The first-order chi connectivity index (χ1) is 10.6. The van der Waals surface area contributed by atoms with E-state index in [-0.39, 0.29) is 11.5 Å². The fourth-order valence-electron chi connectivity index (χ4n) is 2.70. The quantitative estimate of drug-likeness (QED) is 0.926. The van der Waals surface area contributed by atoms with E-state index in [9.17, 15) is 14.0 Å². The van der Waals surface area contributed by atoms with Crippen LogP contribution < -0.4 is 10.2 Å². The molecule has 1 N–H and O–H groups in total. The zero-order chi connectivity index (χ0) is 15.7. The SMILES string of the molecule is CC(=O)N1CCc2cccc(NC(=O)c3cccc(F)c3)c21. The van der Waals surface area contributed by atoms with Crippen molar-refractivity contribution in [2.45, 2.75) is 13.3 Å². The van der Waals surface area contributed by atoms with E-state index in [1.807, 2.05) is 12.1 Å². The van der Waals surface area contributed by atoms with Crippen LogP contribution in [0.25, 0.3) is 0 Å². The van der Waals surface area contributed by atoms with Gasteiger partial charge in [0.05, 0.1) is 11.4 Å². The van der Waals surface area contributed by atoms with Crippen molar-refractivity contribution in [1.82, 2.24) is 0 Å². The molecule has 2 aromatic rings. The summed E-state index contributed by atoms with van der Waals surface area (Å²) in [6.45, 7) is 2.11. The molecule has 5 heteroatoms. The number of rotatable bonds is 2. The second kappa shape index (κ2) is 5.60. The number of nitrogens with one attached hydrogen (secondary N) is 1. The maximum Gasteiger partial charge on any atom is 0.255 e. The molecular formula is C17H15FN2O2. The Labute approximate surface area is 127 Å². The minimum Gasteiger partial charge on any atom is -0.320 e. The Morgan fingerprint density at radius 1 is 1.18 bits per heavy atom. The molecule has 4 nitrogen and oxygen atoms in total. The molecule has 0 saturated carbocycles. The lowest BCUT2D eigenvalue weighted by Gasteiger charge is -2.19. The molecule has 0 radical (unpaired) electrons. The number of hydrogen-bond donors (Lipinski definition) is 1. The molecule has 22 heavy (non-hydrogen) atoms. The van der Waals surface area contributed by atoms with Gasteiger partial charge in [0.25, 0.3) is 5.91 Å². The average Bonchev–Trinajstić information content (AvgIpc) is 2.92. The predicted octanol–water partition coefficient (Wildman–Crippen LogP) is 2.99. The molecule has 0 bridgehead atoms. The lowest BCUT2D eigenvalue weighted by molar-refractivity contribution is -0.116. The van der Waals surface area contributed by atoms with Crippen LogP contribution in [0.4, 0.5) is 15.8 Å². The Morgan fingerprint density at radius 2 is 1.95 bits per heavy atom. The first kappa shape index (κ1) is 14.3. The molecule has 0 aromatic heterocycles. The summed E-state index contributed by atoms with van der Waals surface area (Å²) < 4.78 is 13.2. The van der Waals surface area contributed by atoms with Crippen LogP contribution in [-0.2, 0) is 11.2 Å². The van der Waals surface area contributed by atoms with Crippen LogP contribution in [0.1, 0.15) is 22.8 Å². The van der Waals surface area contributed by atoms with Crippen molar-refractivity contribution in [2.24, 2.45) is 0 Å². The van der Waals surface area contributed by atoms with E-state index in [2.05, 4.69) is 5.32 Å². The van der Waals surface area contributed by atoms with Crippen molar-refractivity contribution < 1.29 is 14.0 Å². The number of para-hydroxylation sites is 1. The molecular weight excluding hydrogens is 283 g/mol. The van der Waals surface area contributed by atoms with Crippen molar-refractivity contribution in [1.29, 1.82) is 0 Å². The molecule has 1 aliphatic heterocycles. The first-order valence-corrected chi connectivity index (χ1v) is 7.03. The fourth-order valence-corrected chi connectivity index (χ4v) is 2.70. The van der Waals surface area contributed by atoms with Gasteiger partial charge in [-0.1, -0.05) is 18.2 Å². The second-order valence-corrected chi connectivity index (χ2v) is 5.20. The van der Waals surface area contributed by atoms with Crippen LogP contribution in [0.3, 0.4) is 0 Å². The highest BCUT2D eigenvalue weighted by molar-refractivity contribution is 6.08. The molecule has 1 aliphatic rings. The number of carbonyl (C=O) groups is 2. The van der Waals surface area contributed by atoms with Gasteiger partial charge in [-0.2, -0.15) is 0 Å². The van der Waals surface area contributed by atoms with Gasteiger partial charge in [0.2, 0.25) is 5.91 Å². The topological polar surface area (TPSA) is 49.4 Å². The second-order valence-electron chi connectivity index (χ2n) is 5.20. The minimum absolute atomic E-state index is 0.0637. The molecule has 0 atom stereocenters. The van der Waals surface area contributed by atoms with Gasteiger partial charge in [-0.25, -0.2) is 4.39 Å². The highest BCUT2D eigenvalue weighted by atomic mass is 19.1. The zero-order valence-electron chi connectivity index (χ0n) is 12.1. The van der Waals surface area contributed by atoms with Crippen LogP contribution in [0.5, 0.6) is 0 Å². The number of nitrogens with zero attached hydrogens (tertiary/aromatic N) is 1. The van der Waals surface area contributed by atoms with Crippen LogP contribution >= 0.6 is 0 Å². The van der Waals surface area contributed by atoms with Crippen molar-refractivity contribution in [2.75, 3.05) is 16.8 Å². The van der Waals surface area contributed by atoms with Gasteiger partial charge in [0.15, 0.2) is 0 Å². The maximum absolute atomic E-state index is 13.2. The molecule has 0 saturated heterocycles. The summed E-state index contributed by atoms with van der Waals surface area (Å²) in [7, 11) is 0. The van der Waals surface area contributed by atoms with E-state index in [1.165, 1.54) is 25.1 Å². The Bertz CT molecular complexity index is 758. The van der Waals surface area contributed by atoms with E-state index in [4.69, 9.17) is 0 Å². The molecule has 3 rings (SSSR count). The highest BCUT2D eigenvalue weighted by Crippen LogP contribution is 2.35. The highest BCUT2D eigenvalue weighted by Gasteiger charge is 2.25. The summed E-state index contributed by atoms with van der Waals surface area (Å²) in [4.78, 5) is 25.6. The third-order valence-corrected chi connectivity index (χ3v) is 3.71. The van der Waals surface area contributed by atoms with E-state index in [1.54, 1.807) is 17.0 Å². The molecule has 0 fully saturated rings. The van der Waals surface area contributed by atoms with Crippen LogP contribution in [0.15, 0.2) is 42.5 Å². The molecule has 1 heterocycles. The Balaban J connectivity index is 1.92. The molecule has 0 unspecified atom stereocenters. The number of anilines is 2. The number of carbonyl (C=O) groups excluding carboxylic acids is 2. The first-order valence-electron chi connectivity index (χ1n) is 7.03. The number of halogens is 1. The monoisotopic (exact) mass is 298 g/mol. The Kier molecular flexibility index (Phi) is 3.63. The predicted molar refractivity (Wildman–Crippen MR) is 82.5 cm³/mol. The molecule has 0 aliphatic carbocycles. The van der Waals surface area contributed by atoms with E-state index in [0.717, 1.165) is 17.7 Å². The molecule has 2 aromatic carbocycles. The maximum atomic E-state index is 13.2. The van der Waals surface area contributed by atoms with Gasteiger partial charge in [-0.3, -0.25) is 9.59 Å². The normalized spacial score (nSPS) is 12.9. The Morgan fingerprint density at radius 3 is 2.68 bits per heavy atom. The van der Waals surface area contributed by atoms with Crippen molar-refractivity contribution in [3.8, 4) is 0 Å². The average molecular weight is 298 g/mol. The zero-order valence-corrected chi connectivity index (χ0v) is 12.1. The molecule has 2 amide bonds. The van der Waals surface area contributed by atoms with Gasteiger partial charge in [0.1, 0.15) is 5.82 Å². The van der Waals surface area contributed by atoms with Gasteiger partial charge in [-0.05, 0) is 36.2 Å². The summed E-state index contributed by atoms with van der Waals surface area (Å²) in [5, 5.41) is 2.77. The summed E-state index contributed by atoms with van der Waals surface area (Å²) >= 11 is 0. The van der Waals surface area contributed by atoms with E-state index < -0.39 is 11.7 Å². The number of hydrogen-bond acceptors (Lipinski definition) is 2. The summed E-state index contributed by atoms with van der Waals surface area (Å²) in [5.74, 6) is -0.925.